The highest BCUT2D eigenvalue weighted by molar-refractivity contribution is 7.13. The van der Waals surface area contributed by atoms with E-state index in [0.29, 0.717) is 5.56 Å². The number of carbonyl (C=O) groups is 1. The molecule has 0 aliphatic rings. The van der Waals surface area contributed by atoms with E-state index in [1.165, 1.54) is 6.07 Å². The quantitative estimate of drug-likeness (QED) is 0.511. The molecule has 0 aliphatic carbocycles. The van der Waals surface area contributed by atoms with Crippen molar-refractivity contribution in [3.8, 4) is 10.6 Å². The van der Waals surface area contributed by atoms with Gasteiger partial charge in [0.2, 0.25) is 0 Å². The number of rotatable bonds is 3. The first kappa shape index (κ1) is 16.4. The highest BCUT2D eigenvalue weighted by Gasteiger charge is 2.16. The summed E-state index contributed by atoms with van der Waals surface area (Å²) in [5.74, 6) is -0.813. The topological polar surface area (TPSA) is 42.0 Å². The molecule has 1 N–H and O–H groups in total. The average molecular weight is 362 g/mol. The molecule has 128 valence electrons. The number of nitrogens with zero attached hydrogens (tertiary/aromatic N) is 1. The van der Waals surface area contributed by atoms with Crippen LogP contribution in [0.25, 0.3) is 21.5 Å². The average Bonchev–Trinajstić information content (AvgIpc) is 3.18. The highest BCUT2D eigenvalue weighted by Crippen LogP contribution is 2.28. The van der Waals surface area contributed by atoms with E-state index >= 15 is 0 Å². The summed E-state index contributed by atoms with van der Waals surface area (Å²) in [6.45, 7) is 1.85. The first-order valence-corrected chi connectivity index (χ1v) is 9.01. The molecule has 26 heavy (non-hydrogen) atoms. The minimum absolute atomic E-state index is 0.175. The highest BCUT2D eigenvalue weighted by atomic mass is 32.1. The third-order valence-electron chi connectivity index (χ3n) is 4.10. The second-order valence-electron chi connectivity index (χ2n) is 5.99. The smallest absolute Gasteiger partial charge is 0.256 e. The zero-order valence-corrected chi connectivity index (χ0v) is 14.8. The molecule has 0 radical (unpaired) electrons. The van der Waals surface area contributed by atoms with Gasteiger partial charge in [-0.2, -0.15) is 0 Å². The normalized spacial score (nSPS) is 10.8. The lowest BCUT2D eigenvalue weighted by Gasteiger charge is -2.11. The van der Waals surface area contributed by atoms with E-state index in [2.05, 4.69) is 10.3 Å². The fourth-order valence-electron chi connectivity index (χ4n) is 2.84. The Bertz CT molecular complexity index is 1110. The van der Waals surface area contributed by atoms with Crippen molar-refractivity contribution in [3.05, 3.63) is 83.0 Å². The second kappa shape index (κ2) is 6.69. The second-order valence-corrected chi connectivity index (χ2v) is 6.93. The molecule has 2 aromatic heterocycles. The molecule has 0 atom stereocenters. The van der Waals surface area contributed by atoms with Crippen LogP contribution in [-0.4, -0.2) is 10.9 Å². The van der Waals surface area contributed by atoms with Crippen LogP contribution in [0.4, 0.5) is 10.1 Å². The minimum Gasteiger partial charge on any atom is -0.319 e. The molecule has 0 fully saturated rings. The summed E-state index contributed by atoms with van der Waals surface area (Å²) < 4.78 is 14.0. The summed E-state index contributed by atoms with van der Waals surface area (Å²) in [5, 5.41) is 5.39. The van der Waals surface area contributed by atoms with Gasteiger partial charge in [-0.15, -0.1) is 11.3 Å². The molecule has 0 aliphatic heterocycles. The van der Waals surface area contributed by atoms with Crippen LogP contribution in [0.3, 0.4) is 0 Å². The first-order chi connectivity index (χ1) is 12.6. The van der Waals surface area contributed by atoms with E-state index < -0.39 is 5.82 Å². The lowest BCUT2D eigenvalue weighted by atomic mass is 10.1. The number of benzene rings is 2. The third-order valence-corrected chi connectivity index (χ3v) is 5.00. The molecule has 4 rings (SSSR count). The molecule has 0 bridgehead atoms. The predicted molar refractivity (Wildman–Crippen MR) is 104 cm³/mol. The number of hydrogen-bond acceptors (Lipinski definition) is 3. The Labute approximate surface area is 154 Å². The molecule has 1 amide bonds. The van der Waals surface area contributed by atoms with Gasteiger partial charge >= 0.3 is 0 Å². The van der Waals surface area contributed by atoms with Crippen molar-refractivity contribution < 1.29 is 9.18 Å². The molecule has 0 unspecified atom stereocenters. The number of hydrogen-bond donors (Lipinski definition) is 1. The maximum Gasteiger partial charge on any atom is 0.256 e. The molecule has 5 heteroatoms. The fraction of sp³-hybridized carbons (Fsp3) is 0.0476. The van der Waals surface area contributed by atoms with Gasteiger partial charge in [0, 0.05) is 5.39 Å². The van der Waals surface area contributed by atoms with E-state index in [4.69, 9.17) is 0 Å². The van der Waals surface area contributed by atoms with Crippen LogP contribution in [0.5, 0.6) is 0 Å². The Kier molecular flexibility index (Phi) is 4.22. The lowest BCUT2D eigenvalue weighted by molar-refractivity contribution is 0.102. The third kappa shape index (κ3) is 3.09. The molecular formula is C21H15FN2OS. The number of aryl methyl sites for hydroxylation is 1. The predicted octanol–water partition coefficient (Wildman–Crippen LogP) is 5.66. The summed E-state index contributed by atoms with van der Waals surface area (Å²) in [4.78, 5) is 18.5. The molecule has 3 nitrogen and oxygen atoms in total. The summed E-state index contributed by atoms with van der Waals surface area (Å²) in [6.07, 6.45) is 0. The maximum atomic E-state index is 14.0. The number of nitrogens with one attached hydrogen (secondary N) is 1. The van der Waals surface area contributed by atoms with E-state index in [-0.39, 0.29) is 11.6 Å². The van der Waals surface area contributed by atoms with Crippen LogP contribution in [-0.2, 0) is 0 Å². The fourth-order valence-corrected chi connectivity index (χ4v) is 3.52. The van der Waals surface area contributed by atoms with Crippen molar-refractivity contribution in [2.24, 2.45) is 0 Å². The van der Waals surface area contributed by atoms with Crippen molar-refractivity contribution >= 4 is 33.8 Å². The van der Waals surface area contributed by atoms with Crippen molar-refractivity contribution in [2.45, 2.75) is 6.92 Å². The lowest BCUT2D eigenvalue weighted by Crippen LogP contribution is -2.14. The molecule has 2 heterocycles. The number of pyridine rings is 1. The van der Waals surface area contributed by atoms with Crippen molar-refractivity contribution in [1.29, 1.82) is 0 Å². The van der Waals surface area contributed by atoms with E-state index in [1.807, 2.05) is 48.7 Å². The van der Waals surface area contributed by atoms with Crippen LogP contribution >= 0.6 is 11.3 Å². The number of thiophene rings is 1. The largest absolute Gasteiger partial charge is 0.319 e. The molecule has 0 saturated heterocycles. The van der Waals surface area contributed by atoms with Crippen LogP contribution in [0.1, 0.15) is 15.9 Å². The number of anilines is 1. The van der Waals surface area contributed by atoms with E-state index in [9.17, 15) is 9.18 Å². The number of aromatic nitrogens is 1. The summed E-state index contributed by atoms with van der Waals surface area (Å²) in [7, 11) is 0. The van der Waals surface area contributed by atoms with Gasteiger partial charge in [0.15, 0.2) is 0 Å². The van der Waals surface area contributed by atoms with Gasteiger partial charge < -0.3 is 5.32 Å². The molecule has 2 aromatic carbocycles. The number of para-hydroxylation sites is 1. The Morgan fingerprint density at radius 1 is 1.08 bits per heavy atom. The summed E-state index contributed by atoms with van der Waals surface area (Å²) in [6, 6.07) is 17.8. The Balaban J connectivity index is 1.81. The Hall–Kier alpha value is -3.05. The monoisotopic (exact) mass is 362 g/mol. The first-order valence-electron chi connectivity index (χ1n) is 8.13. The molecule has 0 saturated carbocycles. The maximum absolute atomic E-state index is 14.0. The number of amides is 1. The van der Waals surface area contributed by atoms with Gasteiger partial charge in [-0.05, 0) is 48.2 Å². The zero-order chi connectivity index (χ0) is 18.1. The standard InChI is InChI=1S/C21H15FN2OS/c1-13-8-9-16(22)18(11-13)24-21(25)15-12-19(20-7-4-10-26-20)23-17-6-3-2-5-14(15)17/h2-12H,1H3,(H,24,25). The van der Waals surface area contributed by atoms with Crippen molar-refractivity contribution in [2.75, 3.05) is 5.32 Å². The van der Waals surface area contributed by atoms with Crippen LogP contribution < -0.4 is 5.32 Å². The molecule has 4 aromatic rings. The zero-order valence-electron chi connectivity index (χ0n) is 14.0. The van der Waals surface area contributed by atoms with Crippen LogP contribution in [0, 0.1) is 12.7 Å². The number of carbonyl (C=O) groups excluding carboxylic acids is 1. The van der Waals surface area contributed by atoms with Crippen molar-refractivity contribution in [3.63, 3.8) is 0 Å². The number of halogens is 1. The Morgan fingerprint density at radius 3 is 2.73 bits per heavy atom. The SMILES string of the molecule is Cc1ccc(F)c(NC(=O)c2cc(-c3cccs3)nc3ccccc23)c1. The van der Waals surface area contributed by atoms with Gasteiger partial charge in [0.05, 0.1) is 27.3 Å². The van der Waals surface area contributed by atoms with E-state index in [0.717, 1.165) is 27.0 Å². The Morgan fingerprint density at radius 2 is 1.92 bits per heavy atom. The molecular weight excluding hydrogens is 347 g/mol. The van der Waals surface area contributed by atoms with Gasteiger partial charge in [0.25, 0.3) is 5.91 Å². The van der Waals surface area contributed by atoms with Crippen molar-refractivity contribution in [1.82, 2.24) is 4.98 Å². The molecule has 0 spiro atoms. The van der Waals surface area contributed by atoms with Crippen LogP contribution in [0.15, 0.2) is 66.0 Å². The van der Waals surface area contributed by atoms with Gasteiger partial charge in [0.1, 0.15) is 5.82 Å². The van der Waals surface area contributed by atoms with Gasteiger partial charge in [-0.1, -0.05) is 30.3 Å². The number of fused-ring (bicyclic) bond motifs is 1. The minimum atomic E-state index is -0.458. The summed E-state index contributed by atoms with van der Waals surface area (Å²) in [5.41, 5.74) is 2.98. The van der Waals surface area contributed by atoms with Gasteiger partial charge in [-0.3, -0.25) is 4.79 Å². The van der Waals surface area contributed by atoms with Crippen LogP contribution in [0.2, 0.25) is 0 Å². The summed E-state index contributed by atoms with van der Waals surface area (Å²) >= 11 is 1.56. The van der Waals surface area contributed by atoms with E-state index in [1.54, 1.807) is 29.5 Å². The van der Waals surface area contributed by atoms with Gasteiger partial charge in [-0.25, -0.2) is 9.37 Å².